The first-order valence-electron chi connectivity index (χ1n) is 10.7. The lowest BCUT2D eigenvalue weighted by Gasteiger charge is -2.38. The molecule has 0 unspecified atom stereocenters. The summed E-state index contributed by atoms with van der Waals surface area (Å²) >= 11 is 6.01. The summed E-state index contributed by atoms with van der Waals surface area (Å²) in [7, 11) is 1.39. The van der Waals surface area contributed by atoms with Crippen LogP contribution in [0.4, 0.5) is 5.82 Å². The van der Waals surface area contributed by atoms with Crippen molar-refractivity contribution in [1.82, 2.24) is 14.8 Å². The van der Waals surface area contributed by atoms with E-state index in [2.05, 4.69) is 9.88 Å². The minimum absolute atomic E-state index is 0.0413. The van der Waals surface area contributed by atoms with Crippen LogP contribution in [-0.2, 0) is 14.3 Å². The number of benzene rings is 1. The number of hydrogen-bond acceptors (Lipinski definition) is 7. The molecule has 1 amide bonds. The molecule has 1 aromatic heterocycles. The Bertz CT molecular complexity index is 941. The molecule has 2 aliphatic heterocycles. The molecule has 2 fully saturated rings. The number of methoxy groups -OCH3 is 1. The van der Waals surface area contributed by atoms with Crippen molar-refractivity contribution in [2.24, 2.45) is 0 Å². The number of esters is 1. The van der Waals surface area contributed by atoms with Crippen LogP contribution in [0.15, 0.2) is 42.6 Å². The van der Waals surface area contributed by atoms with E-state index in [9.17, 15) is 9.59 Å². The molecule has 2 saturated heterocycles. The first-order chi connectivity index (χ1) is 15.6. The zero-order valence-corrected chi connectivity index (χ0v) is 18.8. The summed E-state index contributed by atoms with van der Waals surface area (Å²) in [5.41, 5.74) is 1.42. The van der Waals surface area contributed by atoms with Gasteiger partial charge in [0, 0.05) is 50.5 Å². The maximum atomic E-state index is 13.3. The van der Waals surface area contributed by atoms with E-state index in [-0.39, 0.29) is 11.9 Å². The number of hydrogen-bond donors (Lipinski definition) is 0. The largest absolute Gasteiger partial charge is 0.468 e. The van der Waals surface area contributed by atoms with Gasteiger partial charge in [-0.1, -0.05) is 23.7 Å². The molecule has 0 spiro atoms. The second-order valence-electron chi connectivity index (χ2n) is 7.78. The van der Waals surface area contributed by atoms with Crippen molar-refractivity contribution < 1.29 is 19.1 Å². The fourth-order valence-corrected chi connectivity index (χ4v) is 4.32. The molecule has 2 aromatic rings. The number of ether oxygens (including phenoxy) is 2. The molecule has 1 atom stereocenters. The Labute approximate surface area is 192 Å². The number of amides is 1. The highest BCUT2D eigenvalue weighted by atomic mass is 35.5. The molecule has 1 aromatic carbocycles. The highest BCUT2D eigenvalue weighted by Gasteiger charge is 2.33. The number of halogens is 1. The van der Waals surface area contributed by atoms with Gasteiger partial charge in [0.1, 0.15) is 11.9 Å². The van der Waals surface area contributed by atoms with Gasteiger partial charge in [0.15, 0.2) is 0 Å². The molecular formula is C23H27ClN4O4. The van der Waals surface area contributed by atoms with E-state index in [0.29, 0.717) is 68.9 Å². The van der Waals surface area contributed by atoms with Crippen LogP contribution >= 0.6 is 11.6 Å². The van der Waals surface area contributed by atoms with Crippen LogP contribution in [-0.4, -0.2) is 86.3 Å². The lowest BCUT2D eigenvalue weighted by atomic mass is 10.0. The number of aromatic nitrogens is 1. The van der Waals surface area contributed by atoms with Crippen LogP contribution in [0.5, 0.6) is 0 Å². The second kappa shape index (κ2) is 10.3. The van der Waals surface area contributed by atoms with E-state index in [1.807, 2.05) is 28.0 Å². The smallest absolute Gasteiger partial charge is 0.327 e. The molecular weight excluding hydrogens is 432 g/mol. The van der Waals surface area contributed by atoms with Gasteiger partial charge in [0.2, 0.25) is 0 Å². The van der Waals surface area contributed by atoms with E-state index >= 15 is 0 Å². The fraction of sp³-hybridized carbons (Fsp3) is 0.435. The number of morpholine rings is 1. The fourth-order valence-electron chi connectivity index (χ4n) is 4.20. The number of piperazine rings is 1. The van der Waals surface area contributed by atoms with Gasteiger partial charge in [-0.3, -0.25) is 9.69 Å². The summed E-state index contributed by atoms with van der Waals surface area (Å²) in [5, 5.41) is 0.611. The summed E-state index contributed by atoms with van der Waals surface area (Å²) in [6, 6.07) is 10.3. The van der Waals surface area contributed by atoms with E-state index < -0.39 is 6.04 Å². The van der Waals surface area contributed by atoms with Gasteiger partial charge in [0.05, 0.1) is 25.9 Å². The van der Waals surface area contributed by atoms with Crippen molar-refractivity contribution in [3.63, 3.8) is 0 Å². The topological polar surface area (TPSA) is 75.2 Å². The van der Waals surface area contributed by atoms with Crippen LogP contribution in [0.1, 0.15) is 22.0 Å². The Hall–Kier alpha value is -2.68. The first kappa shape index (κ1) is 22.5. The lowest BCUT2D eigenvalue weighted by molar-refractivity contribution is -0.148. The molecule has 0 radical (unpaired) electrons. The Morgan fingerprint density at radius 1 is 1.03 bits per heavy atom. The zero-order valence-electron chi connectivity index (χ0n) is 18.1. The molecule has 0 N–H and O–H groups in total. The Morgan fingerprint density at radius 3 is 2.38 bits per heavy atom. The highest BCUT2D eigenvalue weighted by Crippen LogP contribution is 2.26. The van der Waals surface area contributed by atoms with Crippen molar-refractivity contribution in [1.29, 1.82) is 0 Å². The van der Waals surface area contributed by atoms with Crippen LogP contribution in [0, 0.1) is 0 Å². The van der Waals surface area contributed by atoms with Crippen molar-refractivity contribution in [3.8, 4) is 0 Å². The van der Waals surface area contributed by atoms with Crippen molar-refractivity contribution in [2.45, 2.75) is 6.04 Å². The average Bonchev–Trinajstić information content (AvgIpc) is 2.86. The molecule has 8 nitrogen and oxygen atoms in total. The number of rotatable bonds is 5. The lowest BCUT2D eigenvalue weighted by Crippen LogP contribution is -2.51. The maximum Gasteiger partial charge on any atom is 0.327 e. The van der Waals surface area contributed by atoms with Crippen LogP contribution < -0.4 is 4.90 Å². The minimum atomic E-state index is -0.531. The Morgan fingerprint density at radius 2 is 1.72 bits per heavy atom. The van der Waals surface area contributed by atoms with Crippen LogP contribution in [0.3, 0.4) is 0 Å². The van der Waals surface area contributed by atoms with Gasteiger partial charge in [-0.25, -0.2) is 9.78 Å². The van der Waals surface area contributed by atoms with Gasteiger partial charge in [-0.05, 0) is 29.8 Å². The van der Waals surface area contributed by atoms with Crippen molar-refractivity contribution in [2.75, 3.05) is 64.5 Å². The normalized spacial score (nSPS) is 18.3. The third-order valence-electron chi connectivity index (χ3n) is 5.90. The molecule has 0 bridgehead atoms. The minimum Gasteiger partial charge on any atom is -0.468 e. The predicted octanol–water partition coefficient (Wildman–Crippen LogP) is 2.24. The molecule has 4 rings (SSSR count). The standard InChI is InChI=1S/C23H27ClN4O4/c1-31-23(30)20(17-4-6-18(24)7-5-17)26-9-11-28(12-10-26)22(29)19-3-2-8-25-21(19)27-13-15-32-16-14-27/h2-8,20H,9-16H2,1H3/t20-/m0/s1. The summed E-state index contributed by atoms with van der Waals surface area (Å²) in [5.74, 6) is 0.339. The quantitative estimate of drug-likeness (QED) is 0.636. The van der Waals surface area contributed by atoms with Gasteiger partial charge in [0.25, 0.3) is 5.91 Å². The van der Waals surface area contributed by atoms with Gasteiger partial charge in [-0.15, -0.1) is 0 Å². The number of carbonyl (C=O) groups is 2. The Kier molecular flexibility index (Phi) is 7.24. The summed E-state index contributed by atoms with van der Waals surface area (Å²) in [4.78, 5) is 36.3. The number of carbonyl (C=O) groups excluding carboxylic acids is 2. The molecule has 0 aliphatic carbocycles. The van der Waals surface area contributed by atoms with Crippen molar-refractivity contribution >= 4 is 29.3 Å². The Balaban J connectivity index is 1.47. The summed E-state index contributed by atoms with van der Waals surface area (Å²) in [6.07, 6.45) is 1.71. The molecule has 3 heterocycles. The summed E-state index contributed by atoms with van der Waals surface area (Å²) < 4.78 is 10.5. The van der Waals surface area contributed by atoms with E-state index in [1.165, 1.54) is 7.11 Å². The third-order valence-corrected chi connectivity index (χ3v) is 6.16. The van der Waals surface area contributed by atoms with Crippen LogP contribution in [0.2, 0.25) is 5.02 Å². The SMILES string of the molecule is COC(=O)[C@H](c1ccc(Cl)cc1)N1CCN(C(=O)c2cccnc2N2CCOCC2)CC1. The van der Waals surface area contributed by atoms with Gasteiger partial charge < -0.3 is 19.3 Å². The van der Waals surface area contributed by atoms with Crippen molar-refractivity contribution in [3.05, 3.63) is 58.7 Å². The highest BCUT2D eigenvalue weighted by molar-refractivity contribution is 6.30. The molecule has 9 heteroatoms. The second-order valence-corrected chi connectivity index (χ2v) is 8.22. The van der Waals surface area contributed by atoms with E-state index in [4.69, 9.17) is 21.1 Å². The number of nitrogens with zero attached hydrogens (tertiary/aromatic N) is 4. The van der Waals surface area contributed by atoms with Gasteiger partial charge >= 0.3 is 5.97 Å². The number of anilines is 1. The van der Waals surface area contributed by atoms with Gasteiger partial charge in [-0.2, -0.15) is 0 Å². The predicted molar refractivity (Wildman–Crippen MR) is 121 cm³/mol. The van der Waals surface area contributed by atoms with E-state index in [0.717, 1.165) is 5.56 Å². The zero-order chi connectivity index (χ0) is 22.5. The molecule has 32 heavy (non-hydrogen) atoms. The average molecular weight is 459 g/mol. The number of pyridine rings is 1. The molecule has 2 aliphatic rings. The molecule has 0 saturated carbocycles. The molecule has 170 valence electrons. The first-order valence-corrected chi connectivity index (χ1v) is 11.1. The third kappa shape index (κ3) is 4.87. The monoisotopic (exact) mass is 458 g/mol. The maximum absolute atomic E-state index is 13.3. The van der Waals surface area contributed by atoms with E-state index in [1.54, 1.807) is 24.4 Å². The van der Waals surface area contributed by atoms with Crippen LogP contribution in [0.25, 0.3) is 0 Å². The summed E-state index contributed by atoms with van der Waals surface area (Å²) in [6.45, 7) is 4.82.